The second-order valence-corrected chi connectivity index (χ2v) is 11.1. The monoisotopic (exact) mass is 588 g/mol. The van der Waals surface area contributed by atoms with Crippen molar-refractivity contribution in [1.82, 2.24) is 4.90 Å². The first kappa shape index (κ1) is 31.8. The highest BCUT2D eigenvalue weighted by molar-refractivity contribution is 5.65. The lowest BCUT2D eigenvalue weighted by Crippen LogP contribution is -2.55. The topological polar surface area (TPSA) is 119 Å². The van der Waals surface area contributed by atoms with Crippen LogP contribution in [0.15, 0.2) is 42.5 Å². The fourth-order valence-electron chi connectivity index (χ4n) is 5.58. The van der Waals surface area contributed by atoms with Crippen LogP contribution in [-0.4, -0.2) is 113 Å². The summed E-state index contributed by atoms with van der Waals surface area (Å²) in [6.45, 7) is 5.25. The molecular weight excluding hydrogens is 544 g/mol. The smallest absolute Gasteiger partial charge is 0.407 e. The first-order valence-corrected chi connectivity index (χ1v) is 14.3. The van der Waals surface area contributed by atoms with Crippen LogP contribution in [0.5, 0.6) is 11.5 Å². The molecule has 11 heteroatoms. The van der Waals surface area contributed by atoms with E-state index in [0.29, 0.717) is 19.0 Å². The molecule has 2 aromatic rings. The number of anilines is 1. The number of carboxylic acid groups (broad SMARTS) is 1. The average molecular weight is 589 g/mol. The van der Waals surface area contributed by atoms with Crippen LogP contribution in [0.4, 0.5) is 10.5 Å². The molecule has 2 heterocycles. The maximum atomic E-state index is 12.2. The predicted molar refractivity (Wildman–Crippen MR) is 157 cm³/mol. The quantitative estimate of drug-likeness (QED) is 0.318. The number of piperidine rings is 1. The normalized spacial score (nSPS) is 21.8. The summed E-state index contributed by atoms with van der Waals surface area (Å²) in [6.07, 6.45) is -1.21. The fraction of sp³-hybridized carbons (Fsp3) is 0.581. The first-order chi connectivity index (χ1) is 20.2. The third kappa shape index (κ3) is 8.26. The molecule has 1 fully saturated rings. The van der Waals surface area contributed by atoms with Crippen molar-refractivity contribution in [3.05, 3.63) is 53.6 Å². The molecule has 0 aromatic heterocycles. The van der Waals surface area contributed by atoms with Crippen LogP contribution < -0.4 is 14.4 Å². The van der Waals surface area contributed by atoms with Gasteiger partial charge in [0, 0.05) is 33.3 Å². The van der Waals surface area contributed by atoms with Crippen LogP contribution in [0.2, 0.25) is 0 Å². The van der Waals surface area contributed by atoms with E-state index in [2.05, 4.69) is 11.0 Å². The molecule has 1 amide bonds. The Kier molecular flexibility index (Phi) is 11.3. The molecule has 42 heavy (non-hydrogen) atoms. The molecule has 0 bridgehead atoms. The molecular formula is C31H44N2O9. The second-order valence-electron chi connectivity index (χ2n) is 11.1. The van der Waals surface area contributed by atoms with Crippen LogP contribution in [0.1, 0.15) is 30.4 Å². The molecule has 2 N–H and O–H groups in total. The Morgan fingerprint density at radius 3 is 2.43 bits per heavy atom. The fourth-order valence-corrected chi connectivity index (χ4v) is 5.58. The molecule has 0 aliphatic carbocycles. The van der Waals surface area contributed by atoms with Gasteiger partial charge in [-0.05, 0) is 48.7 Å². The Morgan fingerprint density at radius 1 is 1.02 bits per heavy atom. The Bertz CT molecular complexity index is 1140. The van der Waals surface area contributed by atoms with Crippen molar-refractivity contribution in [2.75, 3.05) is 78.8 Å². The number of likely N-dealkylation sites (tertiary alicyclic amines) is 1. The van der Waals surface area contributed by atoms with E-state index in [4.69, 9.17) is 28.4 Å². The van der Waals surface area contributed by atoms with Gasteiger partial charge >= 0.3 is 6.09 Å². The van der Waals surface area contributed by atoms with Gasteiger partial charge in [-0.1, -0.05) is 18.2 Å². The Labute approximate surface area is 247 Å². The zero-order valence-corrected chi connectivity index (χ0v) is 25.0. The number of nitrogens with zero attached hydrogens (tertiary/aromatic N) is 2. The minimum Gasteiger partial charge on any atom is -0.497 e. The lowest BCUT2D eigenvalue weighted by Gasteiger charge is -2.43. The minimum absolute atomic E-state index is 0.0257. The van der Waals surface area contributed by atoms with Crippen LogP contribution >= 0.6 is 0 Å². The number of hydrogen-bond acceptors (Lipinski definition) is 9. The number of benzene rings is 2. The van der Waals surface area contributed by atoms with E-state index >= 15 is 0 Å². The largest absolute Gasteiger partial charge is 0.497 e. The molecule has 4 atom stereocenters. The number of hydrogen-bond donors (Lipinski definition) is 2. The highest BCUT2D eigenvalue weighted by atomic mass is 16.5. The molecule has 4 rings (SSSR count). The zero-order chi connectivity index (χ0) is 30.1. The average Bonchev–Trinajstić information content (AvgIpc) is 2.99. The molecule has 0 spiro atoms. The summed E-state index contributed by atoms with van der Waals surface area (Å²) in [6, 6.07) is 13.7. The van der Waals surface area contributed by atoms with Gasteiger partial charge in [0.2, 0.25) is 0 Å². The van der Waals surface area contributed by atoms with Crippen molar-refractivity contribution in [2.45, 2.75) is 43.7 Å². The summed E-state index contributed by atoms with van der Waals surface area (Å²) < 4.78 is 34.4. The van der Waals surface area contributed by atoms with Crippen LogP contribution in [-0.2, 0) is 25.6 Å². The Morgan fingerprint density at radius 2 is 1.76 bits per heavy atom. The zero-order valence-electron chi connectivity index (χ0n) is 25.0. The van der Waals surface area contributed by atoms with Gasteiger partial charge in [-0.25, -0.2) is 4.79 Å². The summed E-state index contributed by atoms with van der Waals surface area (Å²) in [7, 11) is 4.83. The summed E-state index contributed by atoms with van der Waals surface area (Å²) in [5, 5.41) is 20.6. The highest BCUT2D eigenvalue weighted by Crippen LogP contribution is 2.36. The Hall–Kier alpha value is -3.09. The third-order valence-electron chi connectivity index (χ3n) is 7.66. The number of methoxy groups -OCH3 is 3. The van der Waals surface area contributed by atoms with Gasteiger partial charge in [0.1, 0.15) is 23.7 Å². The summed E-state index contributed by atoms with van der Waals surface area (Å²) in [5.41, 5.74) is 1.67. The van der Waals surface area contributed by atoms with E-state index in [1.807, 2.05) is 36.4 Å². The van der Waals surface area contributed by atoms with Crippen LogP contribution in [0, 0.1) is 0 Å². The molecule has 0 radical (unpaired) electrons. The number of fused-ring (bicyclic) bond motifs is 1. The first-order valence-electron chi connectivity index (χ1n) is 14.3. The second kappa shape index (κ2) is 14.9. The number of rotatable bonds is 14. The van der Waals surface area contributed by atoms with E-state index in [0.717, 1.165) is 42.1 Å². The van der Waals surface area contributed by atoms with Gasteiger partial charge < -0.3 is 48.4 Å². The molecule has 232 valence electrons. The highest BCUT2D eigenvalue weighted by Gasteiger charge is 2.42. The number of carbonyl (C=O) groups is 1. The van der Waals surface area contributed by atoms with E-state index in [1.54, 1.807) is 21.1 Å². The summed E-state index contributed by atoms with van der Waals surface area (Å²) in [4.78, 5) is 15.8. The summed E-state index contributed by atoms with van der Waals surface area (Å²) >= 11 is 0. The van der Waals surface area contributed by atoms with Gasteiger partial charge in [0.15, 0.2) is 0 Å². The minimum atomic E-state index is -1.23. The lowest BCUT2D eigenvalue weighted by molar-refractivity contribution is -0.132. The number of aliphatic hydroxyl groups is 1. The maximum absolute atomic E-state index is 12.2. The molecule has 0 unspecified atom stereocenters. The van der Waals surface area contributed by atoms with E-state index in [1.165, 1.54) is 12.0 Å². The molecule has 2 aromatic carbocycles. The van der Waals surface area contributed by atoms with Crippen molar-refractivity contribution < 1.29 is 43.4 Å². The van der Waals surface area contributed by atoms with E-state index in [9.17, 15) is 15.0 Å². The molecule has 2 aliphatic rings. The van der Waals surface area contributed by atoms with E-state index in [-0.39, 0.29) is 38.8 Å². The van der Waals surface area contributed by atoms with Crippen LogP contribution in [0.3, 0.4) is 0 Å². The lowest BCUT2D eigenvalue weighted by atomic mass is 9.84. The standard InChI is InChI=1S/C31H44N2O9/c1-31(36,20-38-3)21-42-28-18-33(30(34)35)17-27(29(28)23-7-9-24(39-4)10-8-23)41-19-22-6-11-26-25(16-22)32(13-15-40-26)12-5-14-37-2/h6-11,16,27-29,36H,5,12-15,17-21H2,1-4H3,(H,34,35)/t27-,28+,29+,31+/m0/s1. The van der Waals surface area contributed by atoms with Gasteiger partial charge in [-0.15, -0.1) is 0 Å². The van der Waals surface area contributed by atoms with Crippen molar-refractivity contribution in [1.29, 1.82) is 0 Å². The molecule has 1 saturated heterocycles. The van der Waals surface area contributed by atoms with E-state index < -0.39 is 23.9 Å². The van der Waals surface area contributed by atoms with Crippen molar-refractivity contribution in [2.24, 2.45) is 0 Å². The van der Waals surface area contributed by atoms with Gasteiger partial charge in [0.05, 0.1) is 64.5 Å². The summed E-state index contributed by atoms with van der Waals surface area (Å²) in [5.74, 6) is 1.26. The maximum Gasteiger partial charge on any atom is 0.407 e. The van der Waals surface area contributed by atoms with Gasteiger partial charge in [0.25, 0.3) is 0 Å². The Balaban J connectivity index is 1.57. The number of amides is 1. The number of ether oxygens (including phenoxy) is 6. The van der Waals surface area contributed by atoms with Gasteiger partial charge in [-0.2, -0.15) is 0 Å². The van der Waals surface area contributed by atoms with Gasteiger partial charge in [-0.3, -0.25) is 0 Å². The van der Waals surface area contributed by atoms with Crippen LogP contribution in [0.25, 0.3) is 0 Å². The third-order valence-corrected chi connectivity index (χ3v) is 7.66. The predicted octanol–water partition coefficient (Wildman–Crippen LogP) is 3.38. The van der Waals surface area contributed by atoms with Crippen molar-refractivity contribution >= 4 is 11.8 Å². The molecule has 11 nitrogen and oxygen atoms in total. The molecule has 2 aliphatic heterocycles. The van der Waals surface area contributed by atoms with Crippen molar-refractivity contribution in [3.63, 3.8) is 0 Å². The van der Waals surface area contributed by atoms with Crippen molar-refractivity contribution in [3.8, 4) is 11.5 Å². The SMILES string of the molecule is COCCCN1CCOc2ccc(CO[C@H]3CN(C(=O)O)C[C@@H](OC[C@](C)(O)COC)[C@@H]3c3ccc(OC)cc3)cc21. The molecule has 0 saturated carbocycles.